The zero-order chi connectivity index (χ0) is 24.0. The fourth-order valence-corrected chi connectivity index (χ4v) is 4.30. The second-order valence-electron chi connectivity index (χ2n) is 8.29. The van der Waals surface area contributed by atoms with E-state index in [0.29, 0.717) is 23.4 Å². The second kappa shape index (κ2) is 11.1. The molecule has 0 aliphatic carbocycles. The van der Waals surface area contributed by atoms with Gasteiger partial charge < -0.3 is 15.0 Å². The number of rotatable bonds is 5. The highest BCUT2D eigenvalue weighted by atomic mass is 16.5. The molecule has 174 valence electrons. The summed E-state index contributed by atoms with van der Waals surface area (Å²) in [6, 6.07) is 7.79. The van der Waals surface area contributed by atoms with Crippen LogP contribution >= 0.6 is 0 Å². The molecule has 2 aliphatic heterocycles. The molecule has 7 nitrogen and oxygen atoms in total. The Bertz CT molecular complexity index is 1070. The summed E-state index contributed by atoms with van der Waals surface area (Å²) in [6.07, 6.45) is 4.17. The highest BCUT2D eigenvalue weighted by molar-refractivity contribution is 5.94. The van der Waals surface area contributed by atoms with Crippen LogP contribution in [0.1, 0.15) is 75.4 Å². The number of fused-ring (bicyclic) bond motifs is 1. The molecule has 1 aromatic carbocycles. The number of nitrogens with one attached hydrogen (secondary N) is 1. The van der Waals surface area contributed by atoms with Gasteiger partial charge in [0.25, 0.3) is 5.91 Å². The molecule has 0 radical (unpaired) electrons. The van der Waals surface area contributed by atoms with Crippen LogP contribution in [0.4, 0.5) is 0 Å². The number of aryl methyl sites for hydroxylation is 1. The molecule has 0 atom stereocenters. The van der Waals surface area contributed by atoms with E-state index in [1.807, 2.05) is 32.9 Å². The smallest absolute Gasteiger partial charge is 0.338 e. The van der Waals surface area contributed by atoms with Crippen LogP contribution in [0, 0.1) is 25.2 Å². The third-order valence-corrected chi connectivity index (χ3v) is 6.36. The summed E-state index contributed by atoms with van der Waals surface area (Å²) in [7, 11) is 0. The first-order valence-electron chi connectivity index (χ1n) is 11.6. The number of hydrogen-bond acceptors (Lipinski definition) is 6. The van der Waals surface area contributed by atoms with Crippen molar-refractivity contribution in [3.63, 3.8) is 0 Å². The molecule has 33 heavy (non-hydrogen) atoms. The van der Waals surface area contributed by atoms with Crippen LogP contribution in [0.25, 0.3) is 0 Å². The van der Waals surface area contributed by atoms with Crippen molar-refractivity contribution in [1.29, 1.82) is 5.26 Å². The molecule has 0 unspecified atom stereocenters. The summed E-state index contributed by atoms with van der Waals surface area (Å²) < 4.78 is 5.14. The van der Waals surface area contributed by atoms with Gasteiger partial charge in [0.2, 0.25) is 0 Å². The van der Waals surface area contributed by atoms with Crippen molar-refractivity contribution in [3.8, 4) is 6.07 Å². The number of esters is 1. The molecule has 0 bridgehead atoms. The van der Waals surface area contributed by atoms with Crippen molar-refractivity contribution >= 4 is 11.9 Å². The normalized spacial score (nSPS) is 15.7. The number of likely N-dealkylation sites (tertiary alicyclic amines) is 1. The molecule has 4 rings (SSSR count). The average molecular weight is 449 g/mol. The third-order valence-electron chi connectivity index (χ3n) is 6.36. The lowest BCUT2D eigenvalue weighted by molar-refractivity contribution is 0.0534. The van der Waals surface area contributed by atoms with Crippen molar-refractivity contribution in [2.24, 2.45) is 0 Å². The number of benzene rings is 1. The minimum atomic E-state index is -0.222. The highest BCUT2D eigenvalue weighted by Crippen LogP contribution is 2.26. The zero-order valence-electron chi connectivity index (χ0n) is 19.9. The Morgan fingerprint density at radius 1 is 1.27 bits per heavy atom. The third kappa shape index (κ3) is 5.58. The largest absolute Gasteiger partial charge is 0.457 e. The summed E-state index contributed by atoms with van der Waals surface area (Å²) >= 11 is 0. The molecular formula is C26H32N4O3. The van der Waals surface area contributed by atoms with Gasteiger partial charge in [-0.25, -0.2) is 9.78 Å². The average Bonchev–Trinajstić information content (AvgIpc) is 3.22. The topological polar surface area (TPSA) is 95.3 Å². The van der Waals surface area contributed by atoms with Crippen LogP contribution in [0.5, 0.6) is 0 Å². The van der Waals surface area contributed by atoms with E-state index in [9.17, 15) is 9.59 Å². The van der Waals surface area contributed by atoms with E-state index in [1.54, 1.807) is 6.07 Å². The van der Waals surface area contributed by atoms with Crippen LogP contribution in [0.15, 0.2) is 24.4 Å². The monoisotopic (exact) mass is 448 g/mol. The molecule has 1 saturated heterocycles. The van der Waals surface area contributed by atoms with Crippen molar-refractivity contribution in [2.75, 3.05) is 19.6 Å². The Morgan fingerprint density at radius 3 is 2.67 bits per heavy atom. The Balaban J connectivity index is 0.00000149. The van der Waals surface area contributed by atoms with Crippen molar-refractivity contribution in [2.45, 2.75) is 59.6 Å². The first-order chi connectivity index (χ1) is 16.0. The highest BCUT2D eigenvalue weighted by Gasteiger charge is 2.25. The minimum Gasteiger partial charge on any atom is -0.457 e. The number of carbonyl (C=O) groups excluding carboxylic acids is 2. The molecule has 1 N–H and O–H groups in total. The molecule has 1 fully saturated rings. The second-order valence-corrected chi connectivity index (χ2v) is 8.29. The summed E-state index contributed by atoms with van der Waals surface area (Å²) in [5.74, 6) is -0.406. The number of piperidine rings is 1. The SMILES string of the molecule is CC.Cc1cc(C(=O)NC2CCN(CCc3ccc4c(c3C)COC4=O)CC2)ncc1C#N. The number of carbonyl (C=O) groups is 2. The molecule has 0 saturated carbocycles. The van der Waals surface area contributed by atoms with E-state index in [0.717, 1.165) is 55.6 Å². The Labute approximate surface area is 195 Å². The molecule has 2 aliphatic rings. The van der Waals surface area contributed by atoms with E-state index >= 15 is 0 Å². The predicted octanol–water partition coefficient (Wildman–Crippen LogP) is 3.70. The molecule has 0 spiro atoms. The van der Waals surface area contributed by atoms with E-state index in [1.165, 1.54) is 11.8 Å². The van der Waals surface area contributed by atoms with Gasteiger partial charge in [-0.2, -0.15) is 5.26 Å². The fraction of sp³-hybridized carbons (Fsp3) is 0.462. The summed E-state index contributed by atoms with van der Waals surface area (Å²) in [5, 5.41) is 12.1. The summed E-state index contributed by atoms with van der Waals surface area (Å²) in [5.41, 5.74) is 5.75. The number of pyridine rings is 1. The standard InChI is InChI=1S/C24H26N4O3.C2H6/c1-15-11-22(26-13-18(15)12-25)23(29)27-19-6-9-28(10-7-19)8-5-17-3-4-20-21(16(17)2)14-31-24(20)30;1-2/h3-4,11,13,19H,5-10,14H2,1-2H3,(H,27,29);1-2H3. The lowest BCUT2D eigenvalue weighted by Gasteiger charge is -2.32. The molecular weight excluding hydrogens is 416 g/mol. The lowest BCUT2D eigenvalue weighted by Crippen LogP contribution is -2.45. The van der Waals surface area contributed by atoms with Crippen molar-refractivity contribution < 1.29 is 14.3 Å². The summed E-state index contributed by atoms with van der Waals surface area (Å²) in [4.78, 5) is 30.7. The van der Waals surface area contributed by atoms with E-state index < -0.39 is 0 Å². The van der Waals surface area contributed by atoms with Gasteiger partial charge in [0.15, 0.2) is 0 Å². The zero-order valence-corrected chi connectivity index (χ0v) is 19.9. The lowest BCUT2D eigenvalue weighted by atomic mass is 9.96. The van der Waals surface area contributed by atoms with Crippen LogP contribution < -0.4 is 5.32 Å². The Kier molecular flexibility index (Phi) is 8.18. The molecule has 1 amide bonds. The molecule has 3 heterocycles. The van der Waals surface area contributed by atoms with Gasteiger partial charge >= 0.3 is 5.97 Å². The van der Waals surface area contributed by atoms with E-state index in [4.69, 9.17) is 10.00 Å². The number of ether oxygens (including phenoxy) is 1. The predicted molar refractivity (Wildman–Crippen MR) is 126 cm³/mol. The van der Waals surface area contributed by atoms with Gasteiger partial charge in [-0.3, -0.25) is 4.79 Å². The van der Waals surface area contributed by atoms with Crippen LogP contribution in [-0.4, -0.2) is 47.4 Å². The summed E-state index contributed by atoms with van der Waals surface area (Å²) in [6.45, 7) is 11.1. The number of amides is 1. The van der Waals surface area contributed by atoms with Gasteiger partial charge in [-0.15, -0.1) is 0 Å². The van der Waals surface area contributed by atoms with Gasteiger partial charge in [-0.05, 0) is 61.9 Å². The van der Waals surface area contributed by atoms with Gasteiger partial charge in [0.05, 0.1) is 11.1 Å². The molecule has 7 heteroatoms. The van der Waals surface area contributed by atoms with Crippen LogP contribution in [-0.2, 0) is 17.8 Å². The molecule has 1 aromatic heterocycles. The van der Waals surface area contributed by atoms with E-state index in [-0.39, 0.29) is 17.9 Å². The Morgan fingerprint density at radius 2 is 2.00 bits per heavy atom. The van der Waals surface area contributed by atoms with Crippen molar-refractivity contribution in [1.82, 2.24) is 15.2 Å². The maximum Gasteiger partial charge on any atom is 0.338 e. The minimum absolute atomic E-state index is 0.131. The van der Waals surface area contributed by atoms with Gasteiger partial charge in [0, 0.05) is 37.4 Å². The van der Waals surface area contributed by atoms with Crippen molar-refractivity contribution in [3.05, 3.63) is 63.5 Å². The first kappa shape index (κ1) is 24.4. The quantitative estimate of drug-likeness (QED) is 0.701. The molecule has 2 aromatic rings. The fourth-order valence-electron chi connectivity index (χ4n) is 4.30. The number of cyclic esters (lactones) is 1. The Hall–Kier alpha value is -3.24. The number of hydrogen-bond donors (Lipinski definition) is 1. The number of nitriles is 1. The van der Waals surface area contributed by atoms with Crippen LogP contribution in [0.3, 0.4) is 0 Å². The first-order valence-corrected chi connectivity index (χ1v) is 11.6. The number of aromatic nitrogens is 1. The maximum atomic E-state index is 12.5. The van der Waals surface area contributed by atoms with Crippen LogP contribution in [0.2, 0.25) is 0 Å². The van der Waals surface area contributed by atoms with Gasteiger partial charge in [-0.1, -0.05) is 19.9 Å². The van der Waals surface area contributed by atoms with Gasteiger partial charge in [0.1, 0.15) is 18.4 Å². The van der Waals surface area contributed by atoms with E-state index in [2.05, 4.69) is 28.2 Å². The maximum absolute atomic E-state index is 12.5. The number of nitrogens with zero attached hydrogens (tertiary/aromatic N) is 3.